The van der Waals surface area contributed by atoms with E-state index in [1.165, 1.54) is 33.1 Å². The summed E-state index contributed by atoms with van der Waals surface area (Å²) in [5.74, 6) is -0.352. The smallest absolute Gasteiger partial charge is 0.347 e. The number of hydrazone groups is 1. The van der Waals surface area contributed by atoms with Gasteiger partial charge in [-0.3, -0.25) is 4.79 Å². The third-order valence-electron chi connectivity index (χ3n) is 4.96. The fraction of sp³-hybridized carbons (Fsp3) is 0.609. The molecule has 0 aliphatic rings. The molecule has 0 aliphatic heterocycles. The van der Waals surface area contributed by atoms with Gasteiger partial charge in [0, 0.05) is 27.2 Å². The van der Waals surface area contributed by atoms with Gasteiger partial charge in [-0.15, -0.1) is 0 Å². The van der Waals surface area contributed by atoms with E-state index in [1.807, 2.05) is 17.0 Å². The number of nitrogens with zero attached hydrogens (tertiary/aromatic N) is 2. The average Bonchev–Trinajstić information content (AvgIpc) is 2.74. The highest BCUT2D eigenvalue weighted by atomic mass is 16.5. The van der Waals surface area contributed by atoms with Crippen LogP contribution in [0.2, 0.25) is 0 Å². The fourth-order valence-corrected chi connectivity index (χ4v) is 3.04. The molecule has 0 radical (unpaired) electrons. The van der Waals surface area contributed by atoms with Gasteiger partial charge in [-0.2, -0.15) is 5.10 Å². The third-order valence-corrected chi connectivity index (χ3v) is 4.96. The van der Waals surface area contributed by atoms with Crippen molar-refractivity contribution in [3.8, 4) is 5.75 Å². The van der Waals surface area contributed by atoms with Crippen molar-refractivity contribution in [1.82, 2.24) is 15.6 Å². The Hall–Kier alpha value is -2.77. The molecule has 0 unspecified atom stereocenters. The Morgan fingerprint density at radius 3 is 2.26 bits per heavy atom. The zero-order valence-corrected chi connectivity index (χ0v) is 19.5. The molecule has 3 N–H and O–H groups in total. The van der Waals surface area contributed by atoms with Gasteiger partial charge in [0.2, 0.25) is 5.84 Å². The molecule has 0 bridgehead atoms. The third kappa shape index (κ3) is 9.27. The van der Waals surface area contributed by atoms with Crippen molar-refractivity contribution in [2.24, 2.45) is 5.10 Å². The van der Waals surface area contributed by atoms with Gasteiger partial charge in [-0.25, -0.2) is 4.79 Å². The van der Waals surface area contributed by atoms with Gasteiger partial charge in [0.05, 0.1) is 0 Å². The molecule has 31 heavy (non-hydrogen) atoms. The van der Waals surface area contributed by atoms with Crippen LogP contribution in [0.25, 0.3) is 0 Å². The van der Waals surface area contributed by atoms with E-state index in [0.717, 1.165) is 31.4 Å². The van der Waals surface area contributed by atoms with E-state index in [-0.39, 0.29) is 5.91 Å². The number of carbonyl (C=O) groups is 2. The van der Waals surface area contributed by atoms with E-state index in [9.17, 15) is 14.7 Å². The molecule has 1 aromatic carbocycles. The van der Waals surface area contributed by atoms with Crippen molar-refractivity contribution < 1.29 is 19.4 Å². The van der Waals surface area contributed by atoms with Crippen LogP contribution in [0.3, 0.4) is 0 Å². The molecular formula is C23H38N4O4. The van der Waals surface area contributed by atoms with Gasteiger partial charge in [-0.05, 0) is 44.4 Å². The lowest BCUT2D eigenvalue weighted by Gasteiger charge is -2.25. The number of hydrogen-bond donors (Lipinski definition) is 3. The van der Waals surface area contributed by atoms with Crippen molar-refractivity contribution in [3.05, 3.63) is 29.8 Å². The van der Waals surface area contributed by atoms with Crippen LogP contribution in [-0.4, -0.2) is 60.5 Å². The second kappa shape index (κ2) is 13.5. The molecule has 8 heteroatoms. The van der Waals surface area contributed by atoms with Crippen molar-refractivity contribution >= 4 is 17.7 Å². The van der Waals surface area contributed by atoms with E-state index in [0.29, 0.717) is 18.1 Å². The van der Waals surface area contributed by atoms with E-state index in [4.69, 9.17) is 4.74 Å². The summed E-state index contributed by atoms with van der Waals surface area (Å²) in [5, 5.41) is 16.1. The number of nitrogens with one attached hydrogen (secondary N) is 2. The minimum Gasteiger partial charge on any atom is -0.478 e. The predicted molar refractivity (Wildman–Crippen MR) is 123 cm³/mol. The number of unbranched alkanes of at least 4 members (excludes halogenated alkanes) is 4. The average molecular weight is 435 g/mol. The molecule has 0 saturated carbocycles. The lowest BCUT2D eigenvalue weighted by atomic mass is 10.1. The summed E-state index contributed by atoms with van der Waals surface area (Å²) in [5.41, 5.74) is 2.51. The van der Waals surface area contributed by atoms with Crippen molar-refractivity contribution in [2.75, 3.05) is 27.2 Å². The zero-order valence-electron chi connectivity index (χ0n) is 19.5. The molecule has 0 aromatic heterocycles. The summed E-state index contributed by atoms with van der Waals surface area (Å²) in [6, 6.07) is 7.38. The Kier molecular flexibility index (Phi) is 11.5. The maximum absolute atomic E-state index is 12.3. The summed E-state index contributed by atoms with van der Waals surface area (Å²) in [4.78, 5) is 25.6. The van der Waals surface area contributed by atoms with Gasteiger partial charge in [0.15, 0.2) is 5.60 Å². The second-order valence-corrected chi connectivity index (χ2v) is 7.95. The number of benzene rings is 1. The number of likely N-dealkylation sites (N-methyl/N-ethyl adjacent to an activating group) is 1. The van der Waals surface area contributed by atoms with E-state index >= 15 is 0 Å². The van der Waals surface area contributed by atoms with Gasteiger partial charge in [0.25, 0.3) is 5.91 Å². The Morgan fingerprint density at radius 2 is 1.71 bits per heavy atom. The lowest BCUT2D eigenvalue weighted by molar-refractivity contribution is -0.152. The molecule has 0 saturated heterocycles. The zero-order chi connectivity index (χ0) is 23.3. The molecule has 1 rings (SSSR count). The molecule has 0 heterocycles. The number of amidine groups is 1. The molecule has 0 atom stereocenters. The minimum atomic E-state index is -1.29. The standard InChI is InChI=1S/C23H38N4O4/c1-6-7-8-9-10-16-27(20(26-25-5)21(28)24-4)17-15-18-11-13-19(14-12-18)31-23(2,3)22(29)30/h11-14,25H,6-10,15-17H2,1-5H3,(H,24,28)(H,29,30)/b26-20+. The first kappa shape index (κ1) is 26.3. The van der Waals surface area contributed by atoms with Crippen LogP contribution in [0.5, 0.6) is 5.75 Å². The second-order valence-electron chi connectivity index (χ2n) is 7.95. The predicted octanol–water partition coefficient (Wildman–Crippen LogP) is 3.02. The summed E-state index contributed by atoms with van der Waals surface area (Å²) < 4.78 is 5.56. The summed E-state index contributed by atoms with van der Waals surface area (Å²) in [6.45, 7) is 6.62. The number of rotatable bonds is 13. The topological polar surface area (TPSA) is 103 Å². The summed E-state index contributed by atoms with van der Waals surface area (Å²) >= 11 is 0. The molecule has 0 aliphatic carbocycles. The number of aliphatic carboxylic acids is 1. The normalized spacial score (nSPS) is 11.7. The van der Waals surface area contributed by atoms with E-state index in [2.05, 4.69) is 22.8 Å². The Morgan fingerprint density at radius 1 is 1.06 bits per heavy atom. The number of amides is 1. The Labute approximate surface area is 186 Å². The maximum Gasteiger partial charge on any atom is 0.347 e. The van der Waals surface area contributed by atoms with Gasteiger partial charge in [0.1, 0.15) is 5.75 Å². The van der Waals surface area contributed by atoms with Crippen LogP contribution >= 0.6 is 0 Å². The van der Waals surface area contributed by atoms with Gasteiger partial charge in [-0.1, -0.05) is 44.7 Å². The molecule has 0 fully saturated rings. The van der Waals surface area contributed by atoms with E-state index < -0.39 is 11.6 Å². The first-order valence-corrected chi connectivity index (χ1v) is 11.0. The number of carbonyl (C=O) groups excluding carboxylic acids is 1. The van der Waals surface area contributed by atoms with Crippen molar-refractivity contribution in [1.29, 1.82) is 0 Å². The molecular weight excluding hydrogens is 396 g/mol. The maximum atomic E-state index is 12.3. The highest BCUT2D eigenvalue weighted by Crippen LogP contribution is 2.19. The Bertz CT molecular complexity index is 717. The van der Waals surface area contributed by atoms with Crippen LogP contribution in [0, 0.1) is 0 Å². The Balaban J connectivity index is 2.81. The first-order valence-electron chi connectivity index (χ1n) is 11.0. The highest BCUT2D eigenvalue weighted by Gasteiger charge is 2.29. The first-order chi connectivity index (χ1) is 14.7. The van der Waals surface area contributed by atoms with E-state index in [1.54, 1.807) is 26.2 Å². The molecule has 174 valence electrons. The molecule has 1 aromatic rings. The van der Waals surface area contributed by atoms with Crippen molar-refractivity contribution in [2.45, 2.75) is 64.9 Å². The quantitative estimate of drug-likeness (QED) is 0.191. The summed E-state index contributed by atoms with van der Waals surface area (Å²) in [6.07, 6.45) is 6.44. The van der Waals surface area contributed by atoms with Crippen LogP contribution < -0.4 is 15.5 Å². The minimum absolute atomic E-state index is 0.220. The number of carboxylic acids is 1. The number of carboxylic acid groups (broad SMARTS) is 1. The largest absolute Gasteiger partial charge is 0.478 e. The monoisotopic (exact) mass is 434 g/mol. The fourth-order valence-electron chi connectivity index (χ4n) is 3.04. The SMILES string of the molecule is CCCCCCCN(CCc1ccc(OC(C)(C)C(=O)O)cc1)/C(=N/NC)C(=O)NC. The van der Waals surface area contributed by atoms with Crippen LogP contribution in [0.1, 0.15) is 58.4 Å². The molecule has 1 amide bonds. The van der Waals surface area contributed by atoms with Crippen molar-refractivity contribution in [3.63, 3.8) is 0 Å². The summed E-state index contributed by atoms with van der Waals surface area (Å²) in [7, 11) is 3.28. The molecule has 0 spiro atoms. The lowest BCUT2D eigenvalue weighted by Crippen LogP contribution is -2.44. The number of hydrogen-bond acceptors (Lipinski definition) is 5. The highest BCUT2D eigenvalue weighted by molar-refractivity contribution is 6.37. The molecule has 8 nitrogen and oxygen atoms in total. The van der Waals surface area contributed by atoms with Gasteiger partial charge >= 0.3 is 5.97 Å². The van der Waals surface area contributed by atoms with Crippen LogP contribution in [0.4, 0.5) is 0 Å². The van der Waals surface area contributed by atoms with Gasteiger partial charge < -0.3 is 25.5 Å². The van der Waals surface area contributed by atoms with Crippen LogP contribution in [-0.2, 0) is 16.0 Å². The van der Waals surface area contributed by atoms with Crippen LogP contribution in [0.15, 0.2) is 29.4 Å². The number of ether oxygens (including phenoxy) is 1.